The number of thioether (sulfide) groups is 1. The second-order valence-corrected chi connectivity index (χ2v) is 8.50. The third-order valence-electron chi connectivity index (χ3n) is 4.60. The van der Waals surface area contributed by atoms with E-state index in [1.807, 2.05) is 0 Å². The van der Waals surface area contributed by atoms with E-state index in [1.54, 1.807) is 31.2 Å². The van der Waals surface area contributed by atoms with Gasteiger partial charge in [0.2, 0.25) is 11.8 Å². The average Bonchev–Trinajstić information content (AvgIpc) is 2.76. The Balaban J connectivity index is 1.93. The fraction of sp³-hybridized carbons (Fsp3) is 0.348. The van der Waals surface area contributed by atoms with Crippen molar-refractivity contribution in [2.75, 3.05) is 23.0 Å². The van der Waals surface area contributed by atoms with Crippen LogP contribution in [-0.4, -0.2) is 36.1 Å². The van der Waals surface area contributed by atoms with Gasteiger partial charge < -0.3 is 26.4 Å². The Labute approximate surface area is 205 Å². The molecule has 8 nitrogen and oxygen atoms in total. The number of rotatable bonds is 11. The number of carbonyl (C=O) groups excluding carboxylic acids is 3. The monoisotopic (exact) mass is 512 g/mol. The van der Waals surface area contributed by atoms with E-state index in [9.17, 15) is 27.6 Å². The first-order valence-corrected chi connectivity index (χ1v) is 11.6. The summed E-state index contributed by atoms with van der Waals surface area (Å²) in [6.07, 6.45) is 0.379. The highest BCUT2D eigenvalue weighted by Crippen LogP contribution is 2.37. The van der Waals surface area contributed by atoms with Crippen LogP contribution in [0.3, 0.4) is 0 Å². The molecule has 0 saturated heterocycles. The van der Waals surface area contributed by atoms with Gasteiger partial charge in [0.1, 0.15) is 6.04 Å². The highest BCUT2D eigenvalue weighted by Gasteiger charge is 2.29. The van der Waals surface area contributed by atoms with E-state index in [0.29, 0.717) is 24.2 Å². The molecule has 3 amide bonds. The zero-order chi connectivity index (χ0) is 25.8. The lowest BCUT2D eigenvalue weighted by Gasteiger charge is -2.18. The molecule has 1 atom stereocenters. The average molecular weight is 513 g/mol. The van der Waals surface area contributed by atoms with E-state index >= 15 is 0 Å². The summed E-state index contributed by atoms with van der Waals surface area (Å²) >= 11 is -0.298. The van der Waals surface area contributed by atoms with Gasteiger partial charge in [-0.15, -0.1) is 0 Å². The topological polar surface area (TPSA) is 123 Å². The van der Waals surface area contributed by atoms with Crippen molar-refractivity contribution in [3.63, 3.8) is 0 Å². The van der Waals surface area contributed by atoms with E-state index in [-0.39, 0.29) is 47.7 Å². The van der Waals surface area contributed by atoms with Gasteiger partial charge in [0.25, 0.3) is 0 Å². The third kappa shape index (κ3) is 10.6. The molecule has 2 aromatic rings. The number of para-hydroxylation sites is 2. The Hall–Kier alpha value is -3.41. The zero-order valence-corrected chi connectivity index (χ0v) is 19.8. The summed E-state index contributed by atoms with van der Waals surface area (Å²) in [6, 6.07) is 11.1. The first kappa shape index (κ1) is 27.8. The summed E-state index contributed by atoms with van der Waals surface area (Å²) in [5, 5.41) is 7.68. The lowest BCUT2D eigenvalue weighted by atomic mass is 10.1. The van der Waals surface area contributed by atoms with E-state index in [1.165, 1.54) is 24.3 Å². The van der Waals surface area contributed by atoms with Gasteiger partial charge in [-0.2, -0.15) is 13.2 Å². The quantitative estimate of drug-likeness (QED) is 0.188. The van der Waals surface area contributed by atoms with Crippen LogP contribution in [0.2, 0.25) is 0 Å². The molecule has 0 spiro atoms. The molecule has 0 aliphatic rings. The number of nitrogens with two attached hydrogens (primary N) is 1. The fourth-order valence-corrected chi connectivity index (χ4v) is 3.64. The molecule has 35 heavy (non-hydrogen) atoms. The summed E-state index contributed by atoms with van der Waals surface area (Å²) in [5.41, 5.74) is 2.43. The molecular weight excluding hydrogens is 485 g/mol. The predicted molar refractivity (Wildman–Crippen MR) is 129 cm³/mol. The summed E-state index contributed by atoms with van der Waals surface area (Å²) in [4.78, 5) is 36.7. The summed E-state index contributed by atoms with van der Waals surface area (Å²) < 4.78 is 42.7. The number of benzene rings is 2. The van der Waals surface area contributed by atoms with Crippen LogP contribution >= 0.6 is 11.8 Å². The van der Waals surface area contributed by atoms with E-state index in [0.717, 1.165) is 0 Å². The van der Waals surface area contributed by atoms with Gasteiger partial charge in [0.05, 0.1) is 18.0 Å². The van der Waals surface area contributed by atoms with Crippen LogP contribution in [0.5, 0.6) is 0 Å². The van der Waals surface area contributed by atoms with Gasteiger partial charge in [-0.05, 0) is 61.9 Å². The number of alkyl halides is 3. The Bertz CT molecular complexity index is 1020. The normalized spacial score (nSPS) is 11.9. The smallest absolute Gasteiger partial charge is 0.446 e. The highest BCUT2D eigenvalue weighted by molar-refractivity contribution is 8.00. The van der Waals surface area contributed by atoms with Crippen molar-refractivity contribution in [3.05, 3.63) is 48.5 Å². The van der Waals surface area contributed by atoms with Crippen LogP contribution in [0, 0.1) is 0 Å². The van der Waals surface area contributed by atoms with Crippen LogP contribution in [0.4, 0.5) is 35.0 Å². The molecular formula is C23H27F3N4O4S. The molecule has 0 saturated carbocycles. The number of hydrogen-bond acceptors (Lipinski definition) is 6. The lowest BCUT2D eigenvalue weighted by molar-refractivity contribution is -0.118. The number of nitrogens with one attached hydrogen (secondary N) is 3. The van der Waals surface area contributed by atoms with Gasteiger partial charge >= 0.3 is 11.6 Å². The maximum absolute atomic E-state index is 12.8. The van der Waals surface area contributed by atoms with Crippen molar-refractivity contribution in [2.24, 2.45) is 0 Å². The number of carbonyl (C=O) groups is 3. The van der Waals surface area contributed by atoms with Crippen molar-refractivity contribution in [2.45, 2.75) is 49.1 Å². The maximum atomic E-state index is 12.8. The minimum Gasteiger partial charge on any atom is -0.450 e. The highest BCUT2D eigenvalue weighted by atomic mass is 32.2. The molecule has 5 N–H and O–H groups in total. The molecule has 2 rings (SSSR count). The molecule has 0 aliphatic carbocycles. The largest absolute Gasteiger partial charge is 0.450 e. The number of unbranched alkanes of at least 4 members (excludes halogenated alkanes) is 1. The van der Waals surface area contributed by atoms with E-state index in [2.05, 4.69) is 16.0 Å². The second-order valence-electron chi connectivity index (χ2n) is 7.36. The van der Waals surface area contributed by atoms with Gasteiger partial charge in [0, 0.05) is 17.0 Å². The molecule has 0 aromatic heterocycles. The molecule has 12 heteroatoms. The second kappa shape index (κ2) is 13.5. The van der Waals surface area contributed by atoms with Crippen LogP contribution in [-0.2, 0) is 14.3 Å². The Kier molecular flexibility index (Phi) is 10.7. The first-order valence-electron chi connectivity index (χ1n) is 10.8. The number of hydrogen-bond donors (Lipinski definition) is 4. The van der Waals surface area contributed by atoms with Crippen molar-refractivity contribution in [1.29, 1.82) is 0 Å². The number of nitrogen functional groups attached to an aromatic ring is 1. The molecule has 0 fully saturated rings. The van der Waals surface area contributed by atoms with E-state index < -0.39 is 23.6 Å². The Morgan fingerprint density at radius 2 is 1.80 bits per heavy atom. The molecule has 0 aliphatic heterocycles. The summed E-state index contributed by atoms with van der Waals surface area (Å²) in [6.45, 7) is 1.70. The van der Waals surface area contributed by atoms with Gasteiger partial charge in [-0.3, -0.25) is 9.59 Å². The number of anilines is 3. The Morgan fingerprint density at radius 1 is 1.06 bits per heavy atom. The van der Waals surface area contributed by atoms with Crippen LogP contribution in [0.1, 0.15) is 32.6 Å². The SMILES string of the molecule is CCOC(=O)NC(CCCCC(=O)Nc1ccccc1N)C(=O)Nc1cccc(SC(F)(F)F)c1. The fourth-order valence-electron chi connectivity index (χ4n) is 3.04. The predicted octanol–water partition coefficient (Wildman–Crippen LogP) is 5.13. The van der Waals surface area contributed by atoms with Crippen LogP contribution in [0.15, 0.2) is 53.4 Å². The molecule has 0 radical (unpaired) electrons. The Morgan fingerprint density at radius 3 is 2.49 bits per heavy atom. The maximum Gasteiger partial charge on any atom is 0.446 e. The molecule has 1 unspecified atom stereocenters. The molecule has 2 aromatic carbocycles. The number of amides is 3. The van der Waals surface area contributed by atoms with Gasteiger partial charge in [0.15, 0.2) is 0 Å². The zero-order valence-electron chi connectivity index (χ0n) is 19.0. The molecule has 0 bridgehead atoms. The third-order valence-corrected chi connectivity index (χ3v) is 5.32. The number of ether oxygens (including phenoxy) is 1. The van der Waals surface area contributed by atoms with E-state index in [4.69, 9.17) is 10.5 Å². The lowest BCUT2D eigenvalue weighted by Crippen LogP contribution is -2.44. The van der Waals surface area contributed by atoms with Crippen molar-refractivity contribution < 1.29 is 32.3 Å². The molecule has 190 valence electrons. The standard InChI is InChI=1S/C23H27F3N4O4S/c1-2-34-22(33)30-19(12-5-6-13-20(31)29-18-11-4-3-10-17(18)27)21(32)28-15-8-7-9-16(14-15)35-23(24,25)26/h3-4,7-11,14,19H,2,5-6,12-13,27H2,1H3,(H,28,32)(H,29,31)(H,30,33). The van der Waals surface area contributed by atoms with Crippen molar-refractivity contribution in [3.8, 4) is 0 Å². The van der Waals surface area contributed by atoms with Crippen LogP contribution in [0.25, 0.3) is 0 Å². The van der Waals surface area contributed by atoms with Crippen molar-refractivity contribution in [1.82, 2.24) is 5.32 Å². The molecule has 0 heterocycles. The van der Waals surface area contributed by atoms with Crippen LogP contribution < -0.4 is 21.7 Å². The van der Waals surface area contributed by atoms with Gasteiger partial charge in [-0.25, -0.2) is 4.79 Å². The first-order chi connectivity index (χ1) is 16.6. The minimum absolute atomic E-state index is 0.0877. The number of alkyl carbamates (subject to hydrolysis) is 1. The minimum atomic E-state index is -4.46. The van der Waals surface area contributed by atoms with Crippen molar-refractivity contribution >= 4 is 46.7 Å². The number of halogens is 3. The summed E-state index contributed by atoms with van der Waals surface area (Å²) in [7, 11) is 0. The summed E-state index contributed by atoms with van der Waals surface area (Å²) in [5.74, 6) is -0.866. The van der Waals surface area contributed by atoms with Gasteiger partial charge in [-0.1, -0.05) is 24.6 Å².